The molecule has 2 rings (SSSR count). The summed E-state index contributed by atoms with van der Waals surface area (Å²) in [6.45, 7) is 0. The van der Waals surface area contributed by atoms with E-state index in [4.69, 9.17) is 10.5 Å². The van der Waals surface area contributed by atoms with Gasteiger partial charge >= 0.3 is 0 Å². The number of rotatable bonds is 3. The number of nitrogens with two attached hydrogens (primary N) is 1. The number of methoxy groups -OCH3 is 1. The van der Waals surface area contributed by atoms with Gasteiger partial charge in [-0.25, -0.2) is 9.97 Å². The topological polar surface area (TPSA) is 78.9 Å². The second-order valence-electron chi connectivity index (χ2n) is 3.02. The second kappa shape index (κ2) is 4.40. The molecule has 0 atom stereocenters. The van der Waals surface area contributed by atoms with Crippen molar-refractivity contribution in [3.05, 3.63) is 18.7 Å². The molecule has 0 aliphatic rings. The van der Waals surface area contributed by atoms with Crippen molar-refractivity contribution in [3.8, 4) is 5.88 Å². The monoisotopic (exact) mass is 237 g/mol. The minimum atomic E-state index is 0.381. The number of aryl methyl sites for hydroxylation is 1. The van der Waals surface area contributed by atoms with Gasteiger partial charge < -0.3 is 15.0 Å². The first-order valence-electron chi connectivity index (χ1n) is 4.52. The molecule has 0 aliphatic heterocycles. The van der Waals surface area contributed by atoms with E-state index in [-0.39, 0.29) is 0 Å². The molecule has 0 unspecified atom stereocenters. The average Bonchev–Trinajstić information content (AvgIpc) is 2.68. The molecule has 0 spiro atoms. The normalized spacial score (nSPS) is 10.4. The third-order valence-corrected chi connectivity index (χ3v) is 3.06. The Kier molecular flexibility index (Phi) is 2.95. The highest BCUT2D eigenvalue weighted by atomic mass is 32.2. The van der Waals surface area contributed by atoms with Gasteiger partial charge in [-0.2, -0.15) is 4.98 Å². The molecular formula is C9H11N5OS. The predicted octanol–water partition coefficient (Wildman–Crippen LogP) is 0.952. The molecule has 7 heteroatoms. The summed E-state index contributed by atoms with van der Waals surface area (Å²) in [7, 11) is 3.43. The molecule has 6 nitrogen and oxygen atoms in total. The predicted molar refractivity (Wildman–Crippen MR) is 60.3 cm³/mol. The van der Waals surface area contributed by atoms with Gasteiger partial charge in [0.1, 0.15) is 17.0 Å². The van der Waals surface area contributed by atoms with Crippen molar-refractivity contribution in [1.29, 1.82) is 0 Å². The summed E-state index contributed by atoms with van der Waals surface area (Å²) in [4.78, 5) is 12.2. The van der Waals surface area contributed by atoms with E-state index in [1.54, 1.807) is 6.20 Å². The Labute approximate surface area is 96.9 Å². The molecule has 0 saturated heterocycles. The number of nitrogen functional groups attached to an aromatic ring is 1. The summed E-state index contributed by atoms with van der Waals surface area (Å²) < 4.78 is 6.91. The van der Waals surface area contributed by atoms with E-state index in [0.29, 0.717) is 16.6 Å². The summed E-state index contributed by atoms with van der Waals surface area (Å²) >= 11 is 1.37. The number of hydrogen-bond acceptors (Lipinski definition) is 6. The molecule has 2 aromatic heterocycles. The van der Waals surface area contributed by atoms with Crippen molar-refractivity contribution in [2.24, 2.45) is 7.05 Å². The molecule has 0 bridgehead atoms. The SMILES string of the molecule is COc1ncnc(Sc2nccn2C)c1N. The van der Waals surface area contributed by atoms with Gasteiger partial charge in [0.2, 0.25) is 5.88 Å². The van der Waals surface area contributed by atoms with Gasteiger partial charge in [0.25, 0.3) is 0 Å². The fourth-order valence-electron chi connectivity index (χ4n) is 1.15. The fourth-order valence-corrected chi connectivity index (χ4v) is 1.93. The lowest BCUT2D eigenvalue weighted by Crippen LogP contribution is -2.00. The van der Waals surface area contributed by atoms with Gasteiger partial charge in [0.15, 0.2) is 5.16 Å². The highest BCUT2D eigenvalue weighted by Gasteiger charge is 2.11. The summed E-state index contributed by atoms with van der Waals surface area (Å²) in [6, 6.07) is 0. The molecule has 0 radical (unpaired) electrons. The molecule has 16 heavy (non-hydrogen) atoms. The van der Waals surface area contributed by atoms with Crippen LogP contribution in [0.25, 0.3) is 0 Å². The van der Waals surface area contributed by atoms with Crippen LogP contribution in [0.1, 0.15) is 0 Å². The van der Waals surface area contributed by atoms with E-state index in [9.17, 15) is 0 Å². The highest BCUT2D eigenvalue weighted by Crippen LogP contribution is 2.32. The maximum Gasteiger partial charge on any atom is 0.241 e. The van der Waals surface area contributed by atoms with Gasteiger partial charge in [-0.1, -0.05) is 0 Å². The van der Waals surface area contributed by atoms with Crippen LogP contribution < -0.4 is 10.5 Å². The maximum absolute atomic E-state index is 5.85. The molecule has 0 fully saturated rings. The van der Waals surface area contributed by atoms with Crippen LogP contribution in [-0.4, -0.2) is 26.6 Å². The van der Waals surface area contributed by atoms with Crippen LogP contribution in [-0.2, 0) is 7.05 Å². The number of anilines is 1. The van der Waals surface area contributed by atoms with Crippen LogP contribution in [0.2, 0.25) is 0 Å². The van der Waals surface area contributed by atoms with Crippen molar-refractivity contribution in [2.75, 3.05) is 12.8 Å². The second-order valence-corrected chi connectivity index (χ2v) is 3.98. The number of hydrogen-bond donors (Lipinski definition) is 1. The van der Waals surface area contributed by atoms with Crippen molar-refractivity contribution in [2.45, 2.75) is 10.2 Å². The van der Waals surface area contributed by atoms with Crippen molar-refractivity contribution in [3.63, 3.8) is 0 Å². The lowest BCUT2D eigenvalue weighted by molar-refractivity contribution is 0.397. The summed E-state index contributed by atoms with van der Waals surface area (Å²) in [5.41, 5.74) is 6.28. The molecule has 0 amide bonds. The molecule has 2 aromatic rings. The first kappa shape index (κ1) is 10.7. The molecule has 0 saturated carbocycles. The highest BCUT2D eigenvalue weighted by molar-refractivity contribution is 7.99. The molecule has 0 aromatic carbocycles. The first-order valence-corrected chi connectivity index (χ1v) is 5.33. The Bertz CT molecular complexity index is 498. The van der Waals surface area contributed by atoms with E-state index < -0.39 is 0 Å². The van der Waals surface area contributed by atoms with E-state index in [1.807, 2.05) is 17.8 Å². The van der Waals surface area contributed by atoms with Crippen LogP contribution in [0, 0.1) is 0 Å². The third kappa shape index (κ3) is 1.94. The first-order chi connectivity index (χ1) is 7.72. The van der Waals surface area contributed by atoms with E-state index >= 15 is 0 Å². The Hall–Kier alpha value is -1.76. The van der Waals surface area contributed by atoms with Crippen LogP contribution in [0.5, 0.6) is 5.88 Å². The van der Waals surface area contributed by atoms with Crippen LogP contribution in [0.15, 0.2) is 28.9 Å². The van der Waals surface area contributed by atoms with Gasteiger partial charge in [0.05, 0.1) is 7.11 Å². The Morgan fingerprint density at radius 3 is 2.81 bits per heavy atom. The van der Waals surface area contributed by atoms with Crippen molar-refractivity contribution >= 4 is 17.4 Å². The van der Waals surface area contributed by atoms with Gasteiger partial charge in [-0.15, -0.1) is 0 Å². The number of aromatic nitrogens is 4. The lowest BCUT2D eigenvalue weighted by atomic mass is 10.5. The van der Waals surface area contributed by atoms with Crippen LogP contribution in [0.3, 0.4) is 0 Å². The molecule has 0 aliphatic carbocycles. The summed E-state index contributed by atoms with van der Waals surface area (Å²) in [5.74, 6) is 0.381. The zero-order valence-corrected chi connectivity index (χ0v) is 9.73. The van der Waals surface area contributed by atoms with Crippen LogP contribution >= 0.6 is 11.8 Å². The summed E-state index contributed by atoms with van der Waals surface area (Å²) in [5, 5.41) is 1.45. The Morgan fingerprint density at radius 2 is 2.19 bits per heavy atom. The minimum absolute atomic E-state index is 0.381. The molecular weight excluding hydrogens is 226 g/mol. The van der Waals surface area contributed by atoms with Gasteiger partial charge in [-0.3, -0.25) is 0 Å². The lowest BCUT2D eigenvalue weighted by Gasteiger charge is -2.06. The van der Waals surface area contributed by atoms with E-state index in [0.717, 1.165) is 5.16 Å². The average molecular weight is 237 g/mol. The molecule has 2 N–H and O–H groups in total. The minimum Gasteiger partial charge on any atom is -0.479 e. The maximum atomic E-state index is 5.85. The fraction of sp³-hybridized carbons (Fsp3) is 0.222. The number of ether oxygens (including phenoxy) is 1. The zero-order valence-electron chi connectivity index (χ0n) is 8.91. The van der Waals surface area contributed by atoms with Crippen molar-refractivity contribution in [1.82, 2.24) is 19.5 Å². The summed E-state index contributed by atoms with van der Waals surface area (Å²) in [6.07, 6.45) is 4.99. The van der Waals surface area contributed by atoms with Crippen LogP contribution in [0.4, 0.5) is 5.69 Å². The standard InChI is InChI=1S/C9H11N5OS/c1-14-4-3-11-9(14)16-8-6(10)7(15-2)12-5-13-8/h3-5H,10H2,1-2H3. The molecule has 84 valence electrons. The van der Waals surface area contributed by atoms with E-state index in [1.165, 1.54) is 25.2 Å². The Balaban J connectivity index is 2.32. The van der Waals surface area contributed by atoms with E-state index in [2.05, 4.69) is 15.0 Å². The van der Waals surface area contributed by atoms with Crippen molar-refractivity contribution < 1.29 is 4.74 Å². The largest absolute Gasteiger partial charge is 0.479 e. The smallest absolute Gasteiger partial charge is 0.241 e. The Morgan fingerprint density at radius 1 is 1.38 bits per heavy atom. The zero-order chi connectivity index (χ0) is 11.5. The van der Waals surface area contributed by atoms with Gasteiger partial charge in [-0.05, 0) is 11.8 Å². The number of imidazole rings is 1. The molecule has 2 heterocycles. The third-order valence-electron chi connectivity index (χ3n) is 1.97. The number of nitrogens with zero attached hydrogens (tertiary/aromatic N) is 4. The van der Waals surface area contributed by atoms with Gasteiger partial charge in [0, 0.05) is 19.4 Å². The quantitative estimate of drug-likeness (QED) is 0.801.